The summed E-state index contributed by atoms with van der Waals surface area (Å²) in [7, 11) is -2.50. The number of halogens is 2. The van der Waals surface area contributed by atoms with Gasteiger partial charge in [-0.2, -0.15) is 5.10 Å². The fourth-order valence-electron chi connectivity index (χ4n) is 4.63. The van der Waals surface area contributed by atoms with Gasteiger partial charge >= 0.3 is 5.97 Å². The minimum absolute atomic E-state index is 0.172. The molecule has 0 atom stereocenters. The van der Waals surface area contributed by atoms with Crippen LogP contribution in [-0.2, 0) is 17.7 Å². The molecule has 0 aliphatic carbocycles. The molecule has 1 aromatic heterocycles. The van der Waals surface area contributed by atoms with E-state index in [-0.39, 0.29) is 18.0 Å². The molecule has 0 saturated heterocycles. The van der Waals surface area contributed by atoms with Crippen molar-refractivity contribution >= 4 is 58.4 Å². The molecule has 7 nitrogen and oxygen atoms in total. The second kappa shape index (κ2) is 11.5. The first-order valence-electron chi connectivity index (χ1n) is 12.7. The van der Waals surface area contributed by atoms with Gasteiger partial charge in [0, 0.05) is 27.3 Å². The summed E-state index contributed by atoms with van der Waals surface area (Å²) in [6.07, 6.45) is 1.71. The zero-order valence-electron chi connectivity index (χ0n) is 22.3. The van der Waals surface area contributed by atoms with Gasteiger partial charge in [0.2, 0.25) is 0 Å². The van der Waals surface area contributed by atoms with E-state index in [2.05, 4.69) is 10.4 Å². The quantitative estimate of drug-likeness (QED) is 0.187. The molecular formula is C31H26Cl2N3O4P. The number of hydrogen-bond donors (Lipinski definition) is 2. The van der Waals surface area contributed by atoms with Crippen LogP contribution < -0.4 is 10.6 Å². The molecule has 208 valence electrons. The lowest BCUT2D eigenvalue weighted by atomic mass is 9.99. The van der Waals surface area contributed by atoms with Crippen LogP contribution in [0.4, 0.5) is 0 Å². The molecule has 5 aromatic rings. The highest BCUT2D eigenvalue weighted by atomic mass is 35.5. The highest BCUT2D eigenvalue weighted by Gasteiger charge is 2.19. The Hall–Kier alpha value is -3.90. The number of benzene rings is 4. The van der Waals surface area contributed by atoms with Gasteiger partial charge in [0.05, 0.1) is 29.4 Å². The number of aromatic carboxylic acids is 1. The molecule has 0 aliphatic rings. The molecule has 0 aliphatic heterocycles. The number of fused-ring (bicyclic) bond motifs is 1. The Morgan fingerprint density at radius 2 is 1.61 bits per heavy atom. The minimum atomic E-state index is -2.50. The third-order valence-electron chi connectivity index (χ3n) is 6.69. The maximum Gasteiger partial charge on any atom is 0.335 e. The summed E-state index contributed by atoms with van der Waals surface area (Å²) < 4.78 is 14.5. The fraction of sp³-hybridized carbons (Fsp3) is 0.129. The van der Waals surface area contributed by atoms with E-state index in [0.717, 1.165) is 32.9 Å². The molecule has 1 heterocycles. The molecule has 0 bridgehead atoms. The van der Waals surface area contributed by atoms with Gasteiger partial charge in [-0.25, -0.2) is 4.79 Å². The third kappa shape index (κ3) is 6.54. The van der Waals surface area contributed by atoms with Gasteiger partial charge in [-0.15, -0.1) is 0 Å². The van der Waals surface area contributed by atoms with E-state index >= 15 is 0 Å². The second-order valence-corrected chi connectivity index (χ2v) is 14.2. The maximum absolute atomic E-state index is 13.7. The fourth-order valence-corrected chi connectivity index (χ4v) is 6.10. The van der Waals surface area contributed by atoms with Crippen molar-refractivity contribution in [1.82, 2.24) is 15.1 Å². The summed E-state index contributed by atoms with van der Waals surface area (Å²) in [5, 5.41) is 19.2. The molecule has 4 aromatic carbocycles. The summed E-state index contributed by atoms with van der Waals surface area (Å²) in [5.74, 6) is -1.33. The number of amides is 1. The predicted molar refractivity (Wildman–Crippen MR) is 164 cm³/mol. The van der Waals surface area contributed by atoms with Gasteiger partial charge in [0.1, 0.15) is 7.14 Å². The monoisotopic (exact) mass is 605 g/mol. The van der Waals surface area contributed by atoms with Gasteiger partial charge in [-0.3, -0.25) is 9.48 Å². The van der Waals surface area contributed by atoms with Crippen LogP contribution in [0, 0.1) is 0 Å². The number of carboxylic acids is 1. The number of carbonyl (C=O) groups is 2. The van der Waals surface area contributed by atoms with E-state index < -0.39 is 13.1 Å². The first-order chi connectivity index (χ1) is 19.5. The average Bonchev–Trinajstić information content (AvgIpc) is 3.33. The Balaban J connectivity index is 1.56. The lowest BCUT2D eigenvalue weighted by molar-refractivity contribution is 0.0696. The largest absolute Gasteiger partial charge is 0.478 e. The first-order valence-corrected chi connectivity index (χ1v) is 16.0. The van der Waals surface area contributed by atoms with Crippen LogP contribution in [0.25, 0.3) is 22.0 Å². The molecule has 2 N–H and O–H groups in total. The zero-order valence-corrected chi connectivity index (χ0v) is 24.7. The lowest BCUT2D eigenvalue weighted by Gasteiger charge is -2.14. The maximum atomic E-state index is 13.7. The van der Waals surface area contributed by atoms with Crippen molar-refractivity contribution < 1.29 is 19.3 Å². The number of nitrogens with zero attached hydrogens (tertiary/aromatic N) is 2. The van der Waals surface area contributed by atoms with E-state index in [9.17, 15) is 14.2 Å². The Bertz CT molecular complexity index is 1820. The van der Waals surface area contributed by atoms with E-state index in [1.807, 2.05) is 36.4 Å². The molecular weight excluding hydrogens is 580 g/mol. The van der Waals surface area contributed by atoms with Crippen LogP contribution in [0.1, 0.15) is 31.8 Å². The van der Waals surface area contributed by atoms with Crippen molar-refractivity contribution in [3.05, 3.63) is 117 Å². The van der Waals surface area contributed by atoms with Crippen LogP contribution in [0.2, 0.25) is 10.0 Å². The normalized spacial score (nSPS) is 11.5. The molecule has 0 unspecified atom stereocenters. The molecule has 0 spiro atoms. The summed E-state index contributed by atoms with van der Waals surface area (Å²) in [5.41, 5.74) is 4.42. The van der Waals surface area contributed by atoms with Gasteiger partial charge < -0.3 is 15.0 Å². The summed E-state index contributed by atoms with van der Waals surface area (Å²) in [6, 6.07) is 22.9. The minimum Gasteiger partial charge on any atom is -0.478 e. The van der Waals surface area contributed by atoms with E-state index in [1.54, 1.807) is 54.5 Å². The smallest absolute Gasteiger partial charge is 0.335 e. The Morgan fingerprint density at radius 3 is 2.27 bits per heavy atom. The summed E-state index contributed by atoms with van der Waals surface area (Å²) in [6.45, 7) is 3.99. The standard InChI is InChI=1S/C31H26Cl2N3O4P/c1-41(2,40)27-5-3-4-22(13-27)23-12-24-17-35-36(18-20-10-25(32)15-26(33)11-20)29(24)28(14-23)30(37)34-16-19-6-8-21(9-7-19)31(38)39/h3-15,17H,16,18H2,1-2H3,(H,34,37)(H,38,39). The number of nitrogens with one attached hydrogen (secondary N) is 1. The highest BCUT2D eigenvalue weighted by Crippen LogP contribution is 2.36. The molecule has 5 rings (SSSR count). The van der Waals surface area contributed by atoms with E-state index in [0.29, 0.717) is 27.7 Å². The first kappa shape index (κ1) is 28.6. The summed E-state index contributed by atoms with van der Waals surface area (Å²) >= 11 is 12.4. The van der Waals surface area contributed by atoms with Crippen LogP contribution in [-0.4, -0.2) is 40.1 Å². The Morgan fingerprint density at radius 1 is 0.902 bits per heavy atom. The molecule has 10 heteroatoms. The number of carboxylic acid groups (broad SMARTS) is 1. The van der Waals surface area contributed by atoms with Crippen molar-refractivity contribution in [3.63, 3.8) is 0 Å². The van der Waals surface area contributed by atoms with Crippen LogP contribution in [0.3, 0.4) is 0 Å². The number of hydrogen-bond acceptors (Lipinski definition) is 4. The van der Waals surface area contributed by atoms with Crippen molar-refractivity contribution in [2.24, 2.45) is 0 Å². The number of carbonyl (C=O) groups excluding carboxylic acids is 1. The van der Waals surface area contributed by atoms with Crippen molar-refractivity contribution in [2.75, 3.05) is 13.3 Å². The van der Waals surface area contributed by atoms with Crippen molar-refractivity contribution in [1.29, 1.82) is 0 Å². The Labute approximate surface area is 247 Å². The van der Waals surface area contributed by atoms with Crippen molar-refractivity contribution in [2.45, 2.75) is 13.1 Å². The summed E-state index contributed by atoms with van der Waals surface area (Å²) in [4.78, 5) is 24.9. The van der Waals surface area contributed by atoms with E-state index in [1.165, 1.54) is 12.1 Å². The Kier molecular flexibility index (Phi) is 8.05. The van der Waals surface area contributed by atoms with Crippen LogP contribution >= 0.6 is 30.3 Å². The predicted octanol–water partition coefficient (Wildman–Crippen LogP) is 6.93. The van der Waals surface area contributed by atoms with Crippen LogP contribution in [0.5, 0.6) is 0 Å². The zero-order chi connectivity index (χ0) is 29.3. The van der Waals surface area contributed by atoms with Gasteiger partial charge in [-0.05, 0) is 84.1 Å². The molecule has 0 radical (unpaired) electrons. The topological polar surface area (TPSA) is 101 Å². The molecule has 41 heavy (non-hydrogen) atoms. The number of aromatic nitrogens is 2. The number of rotatable bonds is 8. The van der Waals surface area contributed by atoms with Gasteiger partial charge in [-0.1, -0.05) is 53.5 Å². The lowest BCUT2D eigenvalue weighted by Crippen LogP contribution is -2.24. The van der Waals surface area contributed by atoms with Crippen LogP contribution in [0.15, 0.2) is 85.1 Å². The van der Waals surface area contributed by atoms with Crippen molar-refractivity contribution in [3.8, 4) is 11.1 Å². The second-order valence-electron chi connectivity index (χ2n) is 10.1. The SMILES string of the molecule is CP(C)(=O)c1cccc(-c2cc(C(=O)NCc3ccc(C(=O)O)cc3)c3c(cnn3Cc3cc(Cl)cc(Cl)c3)c2)c1. The molecule has 0 saturated carbocycles. The third-order valence-corrected chi connectivity index (χ3v) is 8.65. The highest BCUT2D eigenvalue weighted by molar-refractivity contribution is 7.70. The molecule has 0 fully saturated rings. The molecule has 1 amide bonds. The van der Waals surface area contributed by atoms with Gasteiger partial charge in [0.15, 0.2) is 0 Å². The average molecular weight is 606 g/mol. The van der Waals surface area contributed by atoms with Gasteiger partial charge in [0.25, 0.3) is 5.91 Å². The van der Waals surface area contributed by atoms with E-state index in [4.69, 9.17) is 28.3 Å².